The zero-order chi connectivity index (χ0) is 23.3. The van der Waals surface area contributed by atoms with Crippen molar-refractivity contribution >= 4 is 17.7 Å². The molecule has 1 aliphatic rings. The third-order valence-electron chi connectivity index (χ3n) is 5.76. The summed E-state index contributed by atoms with van der Waals surface area (Å²) in [5.74, 6) is -1.02. The van der Waals surface area contributed by atoms with Crippen LogP contribution in [0.2, 0.25) is 0 Å². The number of carbonyl (C=O) groups is 3. The minimum absolute atomic E-state index is 0.116. The van der Waals surface area contributed by atoms with E-state index in [1.54, 1.807) is 43.4 Å². The van der Waals surface area contributed by atoms with E-state index in [4.69, 9.17) is 9.47 Å². The second-order valence-electron chi connectivity index (χ2n) is 7.86. The number of hydrogen-bond acceptors (Lipinski definition) is 5. The number of likely N-dealkylation sites (tertiary alicyclic amines) is 1. The van der Waals surface area contributed by atoms with E-state index in [1.807, 2.05) is 0 Å². The van der Waals surface area contributed by atoms with Crippen LogP contribution in [0.15, 0.2) is 48.5 Å². The Morgan fingerprint density at radius 3 is 2.47 bits per heavy atom. The molecule has 1 heterocycles. The minimum atomic E-state index is -1.37. The number of methoxy groups -OCH3 is 2. The van der Waals surface area contributed by atoms with Crippen molar-refractivity contribution in [1.29, 1.82) is 0 Å². The first-order valence-corrected chi connectivity index (χ1v) is 10.3. The summed E-state index contributed by atoms with van der Waals surface area (Å²) in [4.78, 5) is 42.2. The van der Waals surface area contributed by atoms with Gasteiger partial charge in [-0.25, -0.2) is 4.39 Å². The highest BCUT2D eigenvalue weighted by molar-refractivity contribution is 6.11. The summed E-state index contributed by atoms with van der Waals surface area (Å²) in [5, 5.41) is 0. The Hall–Kier alpha value is -3.26. The molecule has 1 unspecified atom stereocenters. The van der Waals surface area contributed by atoms with Crippen LogP contribution >= 0.6 is 0 Å². The number of halogens is 1. The van der Waals surface area contributed by atoms with Crippen LogP contribution in [0.25, 0.3) is 0 Å². The van der Waals surface area contributed by atoms with Crippen LogP contribution in [-0.4, -0.2) is 61.9 Å². The second kappa shape index (κ2) is 9.91. The fourth-order valence-corrected chi connectivity index (χ4v) is 4.04. The maximum atomic E-state index is 13.5. The third-order valence-corrected chi connectivity index (χ3v) is 5.76. The summed E-state index contributed by atoms with van der Waals surface area (Å²) in [6.45, 7) is 0.569. The molecule has 32 heavy (non-hydrogen) atoms. The molecule has 0 N–H and O–H groups in total. The lowest BCUT2D eigenvalue weighted by molar-refractivity contribution is -0.143. The Kier molecular flexibility index (Phi) is 7.25. The van der Waals surface area contributed by atoms with Gasteiger partial charge in [0.05, 0.1) is 25.7 Å². The first-order chi connectivity index (χ1) is 15.3. The van der Waals surface area contributed by atoms with Gasteiger partial charge in [-0.2, -0.15) is 0 Å². The van der Waals surface area contributed by atoms with Crippen molar-refractivity contribution in [1.82, 2.24) is 9.80 Å². The molecule has 2 aromatic rings. The molecule has 170 valence electrons. The fraction of sp³-hybridized carbons (Fsp3) is 0.375. The highest BCUT2D eigenvalue weighted by Gasteiger charge is 2.55. The predicted molar refractivity (Wildman–Crippen MR) is 115 cm³/mol. The first-order valence-electron chi connectivity index (χ1n) is 10.3. The lowest BCUT2D eigenvalue weighted by Gasteiger charge is -2.30. The SMILES string of the molecule is COCCN1C(=O)CC(CC(=O)N(C)Cc2ccc(F)cc2)(c2ccccc2OC)C1=O. The average molecular weight is 442 g/mol. The van der Waals surface area contributed by atoms with Gasteiger partial charge in [0.15, 0.2) is 0 Å². The zero-order valence-corrected chi connectivity index (χ0v) is 18.5. The molecule has 0 aromatic heterocycles. The molecule has 3 amide bonds. The number of para-hydroxylation sites is 1. The van der Waals surface area contributed by atoms with E-state index >= 15 is 0 Å². The Morgan fingerprint density at radius 1 is 1.12 bits per heavy atom. The summed E-state index contributed by atoms with van der Waals surface area (Å²) in [5.41, 5.74) is -0.112. The van der Waals surface area contributed by atoms with Crippen LogP contribution in [-0.2, 0) is 31.1 Å². The number of amides is 3. The Morgan fingerprint density at radius 2 is 1.81 bits per heavy atom. The van der Waals surface area contributed by atoms with Gasteiger partial charge in [0.1, 0.15) is 11.6 Å². The number of nitrogens with zero attached hydrogens (tertiary/aromatic N) is 2. The summed E-state index contributed by atoms with van der Waals surface area (Å²) in [7, 11) is 4.59. The van der Waals surface area contributed by atoms with E-state index in [0.717, 1.165) is 10.5 Å². The summed E-state index contributed by atoms with van der Waals surface area (Å²) >= 11 is 0. The van der Waals surface area contributed by atoms with Gasteiger partial charge in [-0.15, -0.1) is 0 Å². The van der Waals surface area contributed by atoms with Crippen molar-refractivity contribution in [2.75, 3.05) is 34.4 Å². The van der Waals surface area contributed by atoms with Crippen LogP contribution in [0, 0.1) is 5.82 Å². The highest BCUT2D eigenvalue weighted by Crippen LogP contribution is 2.44. The van der Waals surface area contributed by atoms with E-state index < -0.39 is 11.3 Å². The van der Waals surface area contributed by atoms with Crippen molar-refractivity contribution in [3.63, 3.8) is 0 Å². The van der Waals surface area contributed by atoms with Gasteiger partial charge >= 0.3 is 0 Å². The zero-order valence-electron chi connectivity index (χ0n) is 18.5. The van der Waals surface area contributed by atoms with Gasteiger partial charge in [-0.1, -0.05) is 30.3 Å². The van der Waals surface area contributed by atoms with Crippen molar-refractivity contribution in [2.24, 2.45) is 0 Å². The normalized spacial score (nSPS) is 18.2. The number of rotatable bonds is 9. The first kappa shape index (κ1) is 23.4. The lowest BCUT2D eigenvalue weighted by Crippen LogP contribution is -2.43. The molecule has 2 aromatic carbocycles. The van der Waals surface area contributed by atoms with Gasteiger partial charge in [0, 0.05) is 39.1 Å². The molecule has 0 aliphatic carbocycles. The molecule has 1 fully saturated rings. The average Bonchev–Trinajstić information content (AvgIpc) is 3.03. The van der Waals surface area contributed by atoms with E-state index in [-0.39, 0.29) is 50.2 Å². The monoisotopic (exact) mass is 442 g/mol. The molecule has 8 heteroatoms. The molecule has 7 nitrogen and oxygen atoms in total. The van der Waals surface area contributed by atoms with Crippen molar-refractivity contribution in [2.45, 2.75) is 24.8 Å². The molecule has 0 radical (unpaired) electrons. The molecular weight excluding hydrogens is 415 g/mol. The number of hydrogen-bond donors (Lipinski definition) is 0. The molecule has 0 spiro atoms. The van der Waals surface area contributed by atoms with Crippen LogP contribution in [0.3, 0.4) is 0 Å². The van der Waals surface area contributed by atoms with Gasteiger partial charge in [0.2, 0.25) is 17.7 Å². The fourth-order valence-electron chi connectivity index (χ4n) is 4.04. The molecule has 1 saturated heterocycles. The second-order valence-corrected chi connectivity index (χ2v) is 7.86. The highest BCUT2D eigenvalue weighted by atomic mass is 19.1. The Balaban J connectivity index is 1.93. The summed E-state index contributed by atoms with van der Waals surface area (Å²) in [6.07, 6.45) is -0.328. The number of imide groups is 1. The number of carbonyl (C=O) groups excluding carboxylic acids is 3. The lowest BCUT2D eigenvalue weighted by atomic mass is 9.75. The van der Waals surface area contributed by atoms with Crippen LogP contribution in [0.5, 0.6) is 5.75 Å². The quantitative estimate of drug-likeness (QED) is 0.558. The predicted octanol–water partition coefficient (Wildman–Crippen LogP) is 2.53. The molecule has 1 aliphatic heterocycles. The topological polar surface area (TPSA) is 76.2 Å². The maximum Gasteiger partial charge on any atom is 0.241 e. The van der Waals surface area contributed by atoms with E-state index in [1.165, 1.54) is 31.3 Å². The summed E-state index contributed by atoms with van der Waals surface area (Å²) in [6, 6.07) is 12.8. The third kappa shape index (κ3) is 4.65. The molecule has 0 bridgehead atoms. The Labute approximate surface area is 186 Å². The number of ether oxygens (including phenoxy) is 2. The standard InChI is InChI=1S/C24H27FN2O5/c1-26(16-17-8-10-18(25)11-9-17)21(28)14-24(19-6-4-5-7-20(19)32-3)15-22(29)27(23(24)30)12-13-31-2/h4-11H,12-16H2,1-3H3. The van der Waals surface area contributed by atoms with Crippen molar-refractivity contribution in [3.8, 4) is 5.75 Å². The summed E-state index contributed by atoms with van der Waals surface area (Å²) < 4.78 is 23.7. The van der Waals surface area contributed by atoms with Crippen LogP contribution in [0.1, 0.15) is 24.0 Å². The molecular formula is C24H27FN2O5. The van der Waals surface area contributed by atoms with Gasteiger partial charge in [-0.3, -0.25) is 19.3 Å². The molecule has 3 rings (SSSR count). The van der Waals surface area contributed by atoms with Gasteiger partial charge < -0.3 is 14.4 Å². The smallest absolute Gasteiger partial charge is 0.241 e. The number of benzene rings is 2. The van der Waals surface area contributed by atoms with Crippen LogP contribution in [0.4, 0.5) is 4.39 Å². The van der Waals surface area contributed by atoms with Crippen molar-refractivity contribution in [3.05, 3.63) is 65.5 Å². The van der Waals surface area contributed by atoms with Gasteiger partial charge in [-0.05, 0) is 23.8 Å². The van der Waals surface area contributed by atoms with Gasteiger partial charge in [0.25, 0.3) is 0 Å². The van der Waals surface area contributed by atoms with E-state index in [2.05, 4.69) is 0 Å². The van der Waals surface area contributed by atoms with Crippen molar-refractivity contribution < 1.29 is 28.2 Å². The van der Waals surface area contributed by atoms with Crippen LogP contribution < -0.4 is 4.74 Å². The van der Waals surface area contributed by atoms with E-state index in [0.29, 0.717) is 11.3 Å². The molecule has 1 atom stereocenters. The van der Waals surface area contributed by atoms with E-state index in [9.17, 15) is 18.8 Å². The largest absolute Gasteiger partial charge is 0.496 e. The minimum Gasteiger partial charge on any atom is -0.496 e. The Bertz CT molecular complexity index is 994. The molecule has 0 saturated carbocycles. The maximum absolute atomic E-state index is 13.5.